The molecule has 1 aliphatic carbocycles. The molecule has 0 radical (unpaired) electrons. The van der Waals surface area contributed by atoms with E-state index in [4.69, 9.17) is 5.11 Å². The molecule has 0 aromatic carbocycles. The summed E-state index contributed by atoms with van der Waals surface area (Å²) in [5, 5.41) is 9.02. The van der Waals surface area contributed by atoms with Crippen molar-refractivity contribution in [3.8, 4) is 0 Å². The minimum absolute atomic E-state index is 0.141. The largest absolute Gasteiger partial charge is 0.391 e. The van der Waals surface area contributed by atoms with Crippen LogP contribution in [0.3, 0.4) is 0 Å². The molecule has 0 amide bonds. The number of rotatable bonds is 6. The van der Waals surface area contributed by atoms with Crippen LogP contribution in [-0.2, 0) is 16.6 Å². The number of halogens is 1. The van der Waals surface area contributed by atoms with E-state index in [1.54, 1.807) is 0 Å². The smallest absolute Gasteiger partial charge is 0.242 e. The Labute approximate surface area is 120 Å². The summed E-state index contributed by atoms with van der Waals surface area (Å²) in [6.07, 6.45) is 3.19. The molecule has 1 saturated carbocycles. The van der Waals surface area contributed by atoms with Crippen molar-refractivity contribution >= 4 is 37.3 Å². The van der Waals surface area contributed by atoms with Gasteiger partial charge in [0.2, 0.25) is 10.0 Å². The highest BCUT2D eigenvalue weighted by atomic mass is 79.9. The molecule has 1 aromatic rings. The maximum atomic E-state index is 12.2. The summed E-state index contributed by atoms with van der Waals surface area (Å²) in [5.74, 6) is 0. The number of hydrogen-bond donors (Lipinski definition) is 2. The minimum atomic E-state index is -3.48. The highest BCUT2D eigenvalue weighted by Gasteiger charge is 2.41. The molecule has 0 atom stereocenters. The fourth-order valence-corrected chi connectivity index (χ4v) is 5.51. The molecular formula is C11H16BrNO3S2. The Hall–Kier alpha value is 0.0500. The second kappa shape index (κ2) is 5.20. The van der Waals surface area contributed by atoms with Crippen LogP contribution in [0.15, 0.2) is 14.7 Å². The Kier molecular flexibility index (Phi) is 4.18. The van der Waals surface area contributed by atoms with E-state index < -0.39 is 10.0 Å². The van der Waals surface area contributed by atoms with Gasteiger partial charge in [-0.3, -0.25) is 0 Å². The zero-order valence-electron chi connectivity index (χ0n) is 10.1. The van der Waals surface area contributed by atoms with E-state index in [1.165, 1.54) is 17.4 Å². The Balaban J connectivity index is 2.12. The van der Waals surface area contributed by atoms with Crippen LogP contribution in [0.25, 0.3) is 0 Å². The van der Waals surface area contributed by atoms with Crippen LogP contribution in [0.5, 0.6) is 0 Å². The summed E-state index contributed by atoms with van der Waals surface area (Å²) in [6.45, 7) is 2.45. The second-order valence-electron chi connectivity index (χ2n) is 4.69. The van der Waals surface area contributed by atoms with Gasteiger partial charge in [-0.05, 0) is 46.7 Å². The summed E-state index contributed by atoms with van der Waals surface area (Å²) in [5.41, 5.74) is 0.176. The third-order valence-corrected chi connectivity index (χ3v) is 7.13. The topological polar surface area (TPSA) is 66.4 Å². The van der Waals surface area contributed by atoms with Gasteiger partial charge >= 0.3 is 0 Å². The van der Waals surface area contributed by atoms with Gasteiger partial charge in [-0.2, -0.15) is 0 Å². The van der Waals surface area contributed by atoms with E-state index in [-0.39, 0.29) is 16.9 Å². The molecule has 1 heterocycles. The zero-order chi connectivity index (χ0) is 13.4. The van der Waals surface area contributed by atoms with Gasteiger partial charge in [0, 0.05) is 11.4 Å². The fraction of sp³-hybridized carbons (Fsp3) is 0.636. The van der Waals surface area contributed by atoms with Crippen molar-refractivity contribution in [2.75, 3.05) is 6.54 Å². The number of thiophene rings is 1. The lowest BCUT2D eigenvalue weighted by Crippen LogP contribution is -2.30. The summed E-state index contributed by atoms with van der Waals surface area (Å²) in [6, 6.07) is 1.52. The predicted molar refractivity (Wildman–Crippen MR) is 75.1 cm³/mol. The summed E-state index contributed by atoms with van der Waals surface area (Å²) < 4.78 is 27.5. The van der Waals surface area contributed by atoms with Gasteiger partial charge in [0.05, 0.1) is 10.4 Å². The van der Waals surface area contributed by atoms with Crippen LogP contribution in [0.1, 0.15) is 31.1 Å². The van der Waals surface area contributed by atoms with E-state index in [0.717, 1.165) is 19.3 Å². The van der Waals surface area contributed by atoms with Crippen molar-refractivity contribution in [1.29, 1.82) is 0 Å². The zero-order valence-corrected chi connectivity index (χ0v) is 13.3. The van der Waals surface area contributed by atoms with E-state index in [9.17, 15) is 8.42 Å². The Morgan fingerprint density at radius 2 is 2.22 bits per heavy atom. The standard InChI is InChI=1S/C11H16BrNO3S2/c1-2-11(3-4-11)7-13-18(15,16)9-5-8(6-14)17-10(9)12/h5,13-14H,2-4,6-7H2,1H3. The molecule has 1 aromatic heterocycles. The number of sulfonamides is 1. The van der Waals surface area contributed by atoms with E-state index >= 15 is 0 Å². The van der Waals surface area contributed by atoms with Gasteiger partial charge in [-0.15, -0.1) is 11.3 Å². The monoisotopic (exact) mass is 353 g/mol. The number of hydrogen-bond acceptors (Lipinski definition) is 4. The molecule has 1 aliphatic rings. The van der Waals surface area contributed by atoms with E-state index in [2.05, 4.69) is 27.6 Å². The Morgan fingerprint density at radius 3 is 2.67 bits per heavy atom. The minimum Gasteiger partial charge on any atom is -0.391 e. The molecule has 2 rings (SSSR count). The average molecular weight is 354 g/mol. The second-order valence-corrected chi connectivity index (χ2v) is 8.88. The first-order chi connectivity index (χ1) is 8.42. The van der Waals surface area contributed by atoms with Crippen LogP contribution < -0.4 is 4.72 Å². The Morgan fingerprint density at radius 1 is 1.56 bits per heavy atom. The lowest BCUT2D eigenvalue weighted by Gasteiger charge is -2.13. The molecule has 2 N–H and O–H groups in total. The van der Waals surface area contributed by atoms with Crippen LogP contribution >= 0.6 is 27.3 Å². The average Bonchev–Trinajstić information content (AvgIpc) is 3.03. The molecule has 1 fully saturated rings. The lowest BCUT2D eigenvalue weighted by atomic mass is 10.1. The maximum Gasteiger partial charge on any atom is 0.242 e. The van der Waals surface area contributed by atoms with E-state index in [1.807, 2.05) is 0 Å². The van der Waals surface area contributed by atoms with Crippen molar-refractivity contribution in [3.63, 3.8) is 0 Å². The van der Waals surface area contributed by atoms with Crippen LogP contribution in [0.2, 0.25) is 0 Å². The molecule has 102 valence electrons. The molecule has 0 bridgehead atoms. The van der Waals surface area contributed by atoms with Crippen molar-refractivity contribution in [3.05, 3.63) is 14.7 Å². The third-order valence-electron chi connectivity index (χ3n) is 3.50. The van der Waals surface area contributed by atoms with Gasteiger partial charge in [-0.25, -0.2) is 13.1 Å². The molecule has 7 heteroatoms. The SMILES string of the molecule is CCC1(CNS(=O)(=O)c2cc(CO)sc2Br)CC1. The first-order valence-corrected chi connectivity index (χ1v) is 8.90. The fourth-order valence-electron chi connectivity index (χ4n) is 1.82. The summed E-state index contributed by atoms with van der Waals surface area (Å²) in [7, 11) is -3.48. The highest BCUT2D eigenvalue weighted by molar-refractivity contribution is 9.11. The molecule has 0 aliphatic heterocycles. The van der Waals surface area contributed by atoms with Crippen molar-refractivity contribution in [2.45, 2.75) is 37.7 Å². The normalized spacial score (nSPS) is 17.9. The van der Waals surface area contributed by atoms with Crippen LogP contribution in [0.4, 0.5) is 0 Å². The number of nitrogens with one attached hydrogen (secondary N) is 1. The predicted octanol–water partition coefficient (Wildman–Crippen LogP) is 2.47. The van der Waals surface area contributed by atoms with E-state index in [0.29, 0.717) is 15.2 Å². The first kappa shape index (κ1) is 14.5. The summed E-state index contributed by atoms with van der Waals surface area (Å²) in [4.78, 5) is 0.863. The molecule has 18 heavy (non-hydrogen) atoms. The molecular weight excluding hydrogens is 338 g/mol. The molecule has 0 saturated heterocycles. The molecule has 0 spiro atoms. The van der Waals surface area contributed by atoms with Crippen LogP contribution in [0, 0.1) is 5.41 Å². The third kappa shape index (κ3) is 2.96. The van der Waals surface area contributed by atoms with Gasteiger partial charge in [0.15, 0.2) is 0 Å². The quantitative estimate of drug-likeness (QED) is 0.825. The highest BCUT2D eigenvalue weighted by Crippen LogP contribution is 2.48. The number of aliphatic hydroxyl groups is 1. The molecule has 0 unspecified atom stereocenters. The van der Waals surface area contributed by atoms with Gasteiger partial charge in [0.25, 0.3) is 0 Å². The molecule has 4 nitrogen and oxygen atoms in total. The lowest BCUT2D eigenvalue weighted by molar-refractivity contribution is 0.285. The first-order valence-electron chi connectivity index (χ1n) is 5.81. The number of aliphatic hydroxyl groups excluding tert-OH is 1. The summed E-state index contributed by atoms with van der Waals surface area (Å²) >= 11 is 4.48. The Bertz CT molecular complexity index is 534. The van der Waals surface area contributed by atoms with Crippen molar-refractivity contribution < 1.29 is 13.5 Å². The van der Waals surface area contributed by atoms with Crippen LogP contribution in [-0.4, -0.2) is 20.1 Å². The van der Waals surface area contributed by atoms with Crippen molar-refractivity contribution in [2.24, 2.45) is 5.41 Å². The van der Waals surface area contributed by atoms with Gasteiger partial charge in [-0.1, -0.05) is 6.92 Å². The van der Waals surface area contributed by atoms with Crippen molar-refractivity contribution in [1.82, 2.24) is 4.72 Å². The van der Waals surface area contributed by atoms with Gasteiger partial charge < -0.3 is 5.11 Å². The van der Waals surface area contributed by atoms with Gasteiger partial charge in [0.1, 0.15) is 4.90 Å². The maximum absolute atomic E-state index is 12.2.